The second-order valence-corrected chi connectivity index (χ2v) is 8.53. The van der Waals surface area contributed by atoms with E-state index < -0.39 is 6.10 Å². The molecule has 0 unspecified atom stereocenters. The summed E-state index contributed by atoms with van der Waals surface area (Å²) in [5.41, 5.74) is 0.761. The maximum atomic E-state index is 12.4. The fourth-order valence-electron chi connectivity index (χ4n) is 3.58. The van der Waals surface area contributed by atoms with Crippen molar-refractivity contribution in [3.8, 4) is 0 Å². The van der Waals surface area contributed by atoms with Gasteiger partial charge >= 0.3 is 0 Å². The van der Waals surface area contributed by atoms with Gasteiger partial charge in [0.2, 0.25) is 0 Å². The van der Waals surface area contributed by atoms with E-state index in [1.54, 1.807) is 24.3 Å². The molecule has 0 saturated carbocycles. The molecular formula is C21H31N3O4. The predicted octanol–water partition coefficient (Wildman–Crippen LogP) is 1.08. The minimum Gasteiger partial charge on any atom is -0.389 e. The van der Waals surface area contributed by atoms with E-state index in [2.05, 4.69) is 9.80 Å². The maximum Gasteiger partial charge on any atom is 0.261 e. The molecule has 1 saturated heterocycles. The largest absolute Gasteiger partial charge is 0.389 e. The molecule has 7 nitrogen and oxygen atoms in total. The van der Waals surface area contributed by atoms with Crippen LogP contribution in [0.2, 0.25) is 0 Å². The Labute approximate surface area is 166 Å². The number of benzene rings is 1. The van der Waals surface area contributed by atoms with Crippen molar-refractivity contribution in [2.75, 3.05) is 52.4 Å². The first-order chi connectivity index (χ1) is 13.2. The summed E-state index contributed by atoms with van der Waals surface area (Å²) < 4.78 is 5.64. The highest BCUT2D eigenvalue weighted by molar-refractivity contribution is 6.21. The van der Waals surface area contributed by atoms with Crippen molar-refractivity contribution >= 4 is 11.8 Å². The molecule has 28 heavy (non-hydrogen) atoms. The summed E-state index contributed by atoms with van der Waals surface area (Å²) >= 11 is 0. The van der Waals surface area contributed by atoms with Gasteiger partial charge in [0.1, 0.15) is 0 Å². The van der Waals surface area contributed by atoms with Crippen molar-refractivity contribution < 1.29 is 19.4 Å². The Bertz CT molecular complexity index is 673. The number of aliphatic hydroxyl groups is 1. The van der Waals surface area contributed by atoms with Gasteiger partial charge in [-0.3, -0.25) is 24.3 Å². The molecule has 0 aliphatic carbocycles. The molecule has 3 rings (SSSR count). The zero-order chi connectivity index (χ0) is 20.3. The van der Waals surface area contributed by atoms with Crippen LogP contribution in [0, 0.1) is 0 Å². The van der Waals surface area contributed by atoms with Gasteiger partial charge in [-0.25, -0.2) is 0 Å². The Morgan fingerprint density at radius 2 is 1.50 bits per heavy atom. The Morgan fingerprint density at radius 1 is 0.964 bits per heavy atom. The number of β-amino-alcohol motifs (C(OH)–C–C–N with tert-alkyl or cyclic N) is 1. The van der Waals surface area contributed by atoms with Gasteiger partial charge in [-0.1, -0.05) is 12.1 Å². The van der Waals surface area contributed by atoms with Crippen LogP contribution in [0.15, 0.2) is 24.3 Å². The molecule has 2 amide bonds. The Morgan fingerprint density at radius 3 is 2.04 bits per heavy atom. The lowest BCUT2D eigenvalue weighted by Crippen LogP contribution is -2.51. The first kappa shape index (κ1) is 20.9. The monoisotopic (exact) mass is 389 g/mol. The molecule has 2 aliphatic heterocycles. The van der Waals surface area contributed by atoms with Crippen LogP contribution in [0.4, 0.5) is 0 Å². The van der Waals surface area contributed by atoms with Gasteiger partial charge in [0, 0.05) is 45.8 Å². The molecule has 1 aromatic carbocycles. The number of hydrogen-bond donors (Lipinski definition) is 1. The summed E-state index contributed by atoms with van der Waals surface area (Å²) in [4.78, 5) is 30.7. The van der Waals surface area contributed by atoms with Crippen molar-refractivity contribution in [2.45, 2.75) is 32.5 Å². The summed E-state index contributed by atoms with van der Waals surface area (Å²) in [6.07, 6.45) is -0.496. The number of fused-ring (bicyclic) bond motifs is 1. The van der Waals surface area contributed by atoms with Crippen molar-refractivity contribution in [1.29, 1.82) is 0 Å². The van der Waals surface area contributed by atoms with Crippen LogP contribution in [0.3, 0.4) is 0 Å². The van der Waals surface area contributed by atoms with E-state index >= 15 is 0 Å². The highest BCUT2D eigenvalue weighted by Crippen LogP contribution is 2.22. The third-order valence-electron chi connectivity index (χ3n) is 5.16. The molecule has 0 aromatic heterocycles. The van der Waals surface area contributed by atoms with Gasteiger partial charge in [0.05, 0.1) is 29.4 Å². The van der Waals surface area contributed by atoms with E-state index in [-0.39, 0.29) is 17.4 Å². The Kier molecular flexibility index (Phi) is 6.50. The van der Waals surface area contributed by atoms with Crippen molar-refractivity contribution in [1.82, 2.24) is 14.7 Å². The smallest absolute Gasteiger partial charge is 0.261 e. The number of aliphatic hydroxyl groups excluding tert-OH is 1. The van der Waals surface area contributed by atoms with Gasteiger partial charge in [-0.2, -0.15) is 0 Å². The quantitative estimate of drug-likeness (QED) is 0.704. The number of carbonyl (C=O) groups is 2. The van der Waals surface area contributed by atoms with Gasteiger partial charge in [-0.05, 0) is 32.9 Å². The lowest BCUT2D eigenvalue weighted by Gasteiger charge is -2.36. The van der Waals surface area contributed by atoms with Gasteiger partial charge in [0.15, 0.2) is 0 Å². The van der Waals surface area contributed by atoms with E-state index in [0.29, 0.717) is 37.4 Å². The molecular weight excluding hydrogens is 358 g/mol. The number of rotatable bonds is 7. The van der Waals surface area contributed by atoms with Crippen LogP contribution in [-0.4, -0.2) is 95.7 Å². The standard InChI is InChI=1S/C21H31N3O4/c1-21(2,3)28-15-16(25)14-23-10-8-22(9-11-23)12-13-24-19(26)17-6-4-5-7-18(17)20(24)27/h4-7,16,25H,8-15H2,1-3H3/t16-/m1/s1. The molecule has 1 fully saturated rings. The number of hydrogen-bond acceptors (Lipinski definition) is 6. The molecule has 7 heteroatoms. The summed E-state index contributed by atoms with van der Waals surface area (Å²) in [7, 11) is 0. The Balaban J connectivity index is 1.40. The number of ether oxygens (including phenoxy) is 1. The van der Waals surface area contributed by atoms with Crippen LogP contribution in [0.25, 0.3) is 0 Å². The summed E-state index contributed by atoms with van der Waals surface area (Å²) in [6, 6.07) is 6.99. The Hall–Kier alpha value is -1.80. The van der Waals surface area contributed by atoms with Crippen LogP contribution >= 0.6 is 0 Å². The van der Waals surface area contributed by atoms with Crippen molar-refractivity contribution in [2.24, 2.45) is 0 Å². The molecule has 154 valence electrons. The van der Waals surface area contributed by atoms with Crippen LogP contribution < -0.4 is 0 Å². The zero-order valence-electron chi connectivity index (χ0n) is 17.1. The topological polar surface area (TPSA) is 73.3 Å². The van der Waals surface area contributed by atoms with E-state index in [4.69, 9.17) is 4.74 Å². The fourth-order valence-corrected chi connectivity index (χ4v) is 3.58. The highest BCUT2D eigenvalue weighted by atomic mass is 16.5. The van der Waals surface area contributed by atoms with Gasteiger partial charge in [0.25, 0.3) is 11.8 Å². The minimum absolute atomic E-state index is 0.193. The molecule has 0 spiro atoms. The molecule has 2 heterocycles. The van der Waals surface area contributed by atoms with Gasteiger partial charge < -0.3 is 9.84 Å². The number of piperazine rings is 1. The van der Waals surface area contributed by atoms with Gasteiger partial charge in [-0.15, -0.1) is 0 Å². The number of nitrogens with zero attached hydrogens (tertiary/aromatic N) is 3. The average Bonchev–Trinajstić information content (AvgIpc) is 2.90. The fraction of sp³-hybridized carbons (Fsp3) is 0.619. The second kappa shape index (κ2) is 8.69. The molecule has 1 N–H and O–H groups in total. The van der Waals surface area contributed by atoms with E-state index in [9.17, 15) is 14.7 Å². The normalized spacial score (nSPS) is 19.9. The number of imide groups is 1. The van der Waals surface area contributed by atoms with E-state index in [1.165, 1.54) is 4.90 Å². The zero-order valence-corrected chi connectivity index (χ0v) is 17.1. The first-order valence-corrected chi connectivity index (χ1v) is 9.96. The second-order valence-electron chi connectivity index (χ2n) is 8.53. The summed E-state index contributed by atoms with van der Waals surface area (Å²) in [6.45, 7) is 11.4. The lowest BCUT2D eigenvalue weighted by molar-refractivity contribution is -0.0586. The minimum atomic E-state index is -0.496. The third-order valence-corrected chi connectivity index (χ3v) is 5.16. The SMILES string of the molecule is CC(C)(C)OC[C@H](O)CN1CCN(CCN2C(=O)c3ccccc3C2=O)CC1. The lowest BCUT2D eigenvalue weighted by atomic mass is 10.1. The van der Waals surface area contributed by atoms with Crippen molar-refractivity contribution in [3.63, 3.8) is 0 Å². The number of carbonyl (C=O) groups excluding carboxylic acids is 2. The molecule has 1 atom stereocenters. The van der Waals surface area contributed by atoms with Crippen LogP contribution in [0.5, 0.6) is 0 Å². The predicted molar refractivity (Wildman–Crippen MR) is 106 cm³/mol. The molecule has 2 aliphatic rings. The molecule has 1 aromatic rings. The third kappa shape index (κ3) is 5.17. The molecule has 0 radical (unpaired) electrons. The van der Waals surface area contributed by atoms with Crippen LogP contribution in [-0.2, 0) is 4.74 Å². The first-order valence-electron chi connectivity index (χ1n) is 9.96. The average molecular weight is 389 g/mol. The molecule has 0 bridgehead atoms. The van der Waals surface area contributed by atoms with E-state index in [1.807, 2.05) is 20.8 Å². The van der Waals surface area contributed by atoms with Crippen molar-refractivity contribution in [3.05, 3.63) is 35.4 Å². The van der Waals surface area contributed by atoms with Crippen LogP contribution in [0.1, 0.15) is 41.5 Å². The number of amides is 2. The van der Waals surface area contributed by atoms with E-state index in [0.717, 1.165) is 26.2 Å². The summed E-state index contributed by atoms with van der Waals surface area (Å²) in [5, 5.41) is 10.2. The highest BCUT2D eigenvalue weighted by Gasteiger charge is 2.35. The maximum absolute atomic E-state index is 12.4. The summed E-state index contributed by atoms with van der Waals surface area (Å²) in [5.74, 6) is -0.387.